The molecule has 0 aliphatic carbocycles. The highest BCUT2D eigenvalue weighted by atomic mass is 16.5. The van der Waals surface area contributed by atoms with E-state index in [4.69, 9.17) is 10.5 Å². The number of nitrogens with two attached hydrogens (primary N) is 1. The summed E-state index contributed by atoms with van der Waals surface area (Å²) in [5, 5.41) is 0. The van der Waals surface area contributed by atoms with E-state index in [0.29, 0.717) is 18.2 Å². The molecule has 2 heterocycles. The van der Waals surface area contributed by atoms with Crippen molar-refractivity contribution in [3.8, 4) is 0 Å². The van der Waals surface area contributed by atoms with Gasteiger partial charge in [-0.2, -0.15) is 0 Å². The van der Waals surface area contributed by atoms with Crippen molar-refractivity contribution in [2.45, 2.75) is 44.9 Å². The predicted octanol–water partition coefficient (Wildman–Crippen LogP) is 0.519. The van der Waals surface area contributed by atoms with Crippen molar-refractivity contribution < 1.29 is 4.74 Å². The third-order valence-corrected chi connectivity index (χ3v) is 4.15. The smallest absolute Gasteiger partial charge is 0.0706 e. The van der Waals surface area contributed by atoms with Crippen LogP contribution in [-0.4, -0.2) is 67.3 Å². The van der Waals surface area contributed by atoms with E-state index in [1.54, 1.807) is 0 Å². The lowest BCUT2D eigenvalue weighted by molar-refractivity contribution is 0.0155. The summed E-state index contributed by atoms with van der Waals surface area (Å²) in [7, 11) is 0. The predicted molar refractivity (Wildman–Crippen MR) is 70.1 cm³/mol. The Bertz CT molecular complexity index is 229. The maximum atomic E-state index is 5.88. The highest BCUT2D eigenvalue weighted by Gasteiger charge is 2.26. The fraction of sp³-hybridized carbons (Fsp3) is 1.00. The van der Waals surface area contributed by atoms with E-state index in [2.05, 4.69) is 23.6 Å². The molecule has 4 nitrogen and oxygen atoms in total. The number of ether oxygens (including phenoxy) is 1. The van der Waals surface area contributed by atoms with Crippen LogP contribution in [0.3, 0.4) is 0 Å². The molecule has 0 aromatic heterocycles. The molecule has 2 fully saturated rings. The van der Waals surface area contributed by atoms with Crippen LogP contribution in [0, 0.1) is 0 Å². The van der Waals surface area contributed by atoms with Crippen LogP contribution in [0.15, 0.2) is 0 Å². The van der Waals surface area contributed by atoms with Crippen LogP contribution in [-0.2, 0) is 4.74 Å². The first-order chi connectivity index (χ1) is 8.19. The second-order valence-corrected chi connectivity index (χ2v) is 5.57. The van der Waals surface area contributed by atoms with E-state index in [0.717, 1.165) is 26.2 Å². The standard InChI is InChI=1S/C13H27N3O/c1-11(9-14)16-7-5-15(6-8-16)10-13-4-3-12(2)17-13/h11-13H,3-10,14H2,1-2H3. The summed E-state index contributed by atoms with van der Waals surface area (Å²) in [5.74, 6) is 0. The Hall–Kier alpha value is -0.160. The van der Waals surface area contributed by atoms with Gasteiger partial charge in [-0.25, -0.2) is 0 Å². The van der Waals surface area contributed by atoms with Crippen LogP contribution in [0.4, 0.5) is 0 Å². The third kappa shape index (κ3) is 3.65. The molecule has 0 bridgehead atoms. The van der Waals surface area contributed by atoms with Crippen molar-refractivity contribution in [3.63, 3.8) is 0 Å². The highest BCUT2D eigenvalue weighted by molar-refractivity contribution is 4.80. The molecule has 17 heavy (non-hydrogen) atoms. The number of piperazine rings is 1. The molecule has 0 saturated carbocycles. The van der Waals surface area contributed by atoms with E-state index < -0.39 is 0 Å². The van der Waals surface area contributed by atoms with Crippen molar-refractivity contribution in [1.82, 2.24) is 9.80 Å². The maximum absolute atomic E-state index is 5.88. The van der Waals surface area contributed by atoms with E-state index in [-0.39, 0.29) is 0 Å². The maximum Gasteiger partial charge on any atom is 0.0706 e. The second-order valence-electron chi connectivity index (χ2n) is 5.57. The molecule has 3 atom stereocenters. The number of nitrogens with zero attached hydrogens (tertiary/aromatic N) is 2. The lowest BCUT2D eigenvalue weighted by Gasteiger charge is -2.38. The van der Waals surface area contributed by atoms with Crippen molar-refractivity contribution in [2.75, 3.05) is 39.3 Å². The quantitative estimate of drug-likeness (QED) is 0.779. The molecule has 2 N–H and O–H groups in total. The molecule has 0 radical (unpaired) electrons. The van der Waals surface area contributed by atoms with Gasteiger partial charge in [0.15, 0.2) is 0 Å². The topological polar surface area (TPSA) is 41.7 Å². The Morgan fingerprint density at radius 3 is 2.47 bits per heavy atom. The Morgan fingerprint density at radius 2 is 1.94 bits per heavy atom. The summed E-state index contributed by atoms with van der Waals surface area (Å²) in [6.07, 6.45) is 3.41. The van der Waals surface area contributed by atoms with Gasteiger partial charge in [-0.05, 0) is 26.7 Å². The van der Waals surface area contributed by atoms with Crippen LogP contribution in [0.5, 0.6) is 0 Å². The van der Waals surface area contributed by atoms with Gasteiger partial charge in [0.25, 0.3) is 0 Å². The van der Waals surface area contributed by atoms with Crippen molar-refractivity contribution in [2.24, 2.45) is 5.73 Å². The molecule has 2 aliphatic heterocycles. The Balaban J connectivity index is 1.68. The number of hydrogen-bond donors (Lipinski definition) is 1. The zero-order chi connectivity index (χ0) is 12.3. The summed E-state index contributed by atoms with van der Waals surface area (Å²) in [5.41, 5.74) is 5.71. The lowest BCUT2D eigenvalue weighted by Crippen LogP contribution is -2.52. The van der Waals surface area contributed by atoms with Gasteiger partial charge in [0.2, 0.25) is 0 Å². The van der Waals surface area contributed by atoms with Gasteiger partial charge in [-0.3, -0.25) is 9.80 Å². The lowest BCUT2D eigenvalue weighted by atomic mass is 10.1. The summed E-state index contributed by atoms with van der Waals surface area (Å²) in [6.45, 7) is 10.9. The summed E-state index contributed by atoms with van der Waals surface area (Å²) < 4.78 is 5.88. The van der Waals surface area contributed by atoms with E-state index in [9.17, 15) is 0 Å². The van der Waals surface area contributed by atoms with Crippen LogP contribution in [0.1, 0.15) is 26.7 Å². The molecule has 2 saturated heterocycles. The van der Waals surface area contributed by atoms with Gasteiger partial charge < -0.3 is 10.5 Å². The molecule has 0 amide bonds. The minimum absolute atomic E-state index is 0.471. The Kier molecular flexibility index (Phi) is 4.79. The molecule has 0 spiro atoms. The number of hydrogen-bond acceptors (Lipinski definition) is 4. The molecule has 2 aliphatic rings. The SMILES string of the molecule is CC1CCC(CN2CCN(C(C)CN)CC2)O1. The minimum Gasteiger partial charge on any atom is -0.374 e. The molecule has 3 unspecified atom stereocenters. The molecular weight excluding hydrogens is 214 g/mol. The first kappa shape index (κ1) is 13.3. The van der Waals surface area contributed by atoms with Crippen molar-refractivity contribution in [3.05, 3.63) is 0 Å². The first-order valence-corrected chi connectivity index (χ1v) is 7.01. The summed E-state index contributed by atoms with van der Waals surface area (Å²) in [6, 6.07) is 0.528. The molecule has 0 aromatic rings. The third-order valence-electron chi connectivity index (χ3n) is 4.15. The fourth-order valence-corrected chi connectivity index (χ4v) is 2.84. The normalized spacial score (nSPS) is 34.1. The molecule has 0 aromatic carbocycles. The first-order valence-electron chi connectivity index (χ1n) is 7.01. The summed E-state index contributed by atoms with van der Waals surface area (Å²) in [4.78, 5) is 5.04. The zero-order valence-corrected chi connectivity index (χ0v) is 11.3. The van der Waals surface area contributed by atoms with Crippen LogP contribution in [0.25, 0.3) is 0 Å². The second kappa shape index (κ2) is 6.14. The fourth-order valence-electron chi connectivity index (χ4n) is 2.84. The zero-order valence-electron chi connectivity index (χ0n) is 11.3. The van der Waals surface area contributed by atoms with Gasteiger partial charge in [-0.1, -0.05) is 0 Å². The monoisotopic (exact) mass is 241 g/mol. The van der Waals surface area contributed by atoms with Crippen molar-refractivity contribution >= 4 is 0 Å². The van der Waals surface area contributed by atoms with E-state index in [1.165, 1.54) is 25.9 Å². The van der Waals surface area contributed by atoms with Crippen molar-refractivity contribution in [1.29, 1.82) is 0 Å². The highest BCUT2D eigenvalue weighted by Crippen LogP contribution is 2.20. The molecule has 4 heteroatoms. The van der Waals surface area contributed by atoms with Crippen LogP contribution >= 0.6 is 0 Å². The molecule has 2 rings (SSSR count). The largest absolute Gasteiger partial charge is 0.374 e. The average molecular weight is 241 g/mol. The average Bonchev–Trinajstić information content (AvgIpc) is 2.75. The van der Waals surface area contributed by atoms with Gasteiger partial charge in [0.1, 0.15) is 0 Å². The summed E-state index contributed by atoms with van der Waals surface area (Å²) >= 11 is 0. The Labute approximate surface area is 105 Å². The van der Waals surface area contributed by atoms with Crippen LogP contribution in [0.2, 0.25) is 0 Å². The number of rotatable bonds is 4. The molecule has 100 valence electrons. The minimum atomic E-state index is 0.471. The van der Waals surface area contributed by atoms with Gasteiger partial charge in [0, 0.05) is 45.3 Å². The molecular formula is C13H27N3O. The van der Waals surface area contributed by atoms with E-state index in [1.807, 2.05) is 0 Å². The van der Waals surface area contributed by atoms with Gasteiger partial charge in [-0.15, -0.1) is 0 Å². The van der Waals surface area contributed by atoms with Gasteiger partial charge >= 0.3 is 0 Å². The Morgan fingerprint density at radius 1 is 1.24 bits per heavy atom. The van der Waals surface area contributed by atoms with Crippen LogP contribution < -0.4 is 5.73 Å². The van der Waals surface area contributed by atoms with Gasteiger partial charge in [0.05, 0.1) is 12.2 Å². The van der Waals surface area contributed by atoms with E-state index >= 15 is 0 Å².